The number of aromatic nitrogens is 3. The van der Waals surface area contributed by atoms with Gasteiger partial charge in [-0.15, -0.1) is 0 Å². The van der Waals surface area contributed by atoms with Crippen molar-refractivity contribution in [2.24, 2.45) is 0 Å². The van der Waals surface area contributed by atoms with Gasteiger partial charge in [0.2, 0.25) is 0 Å². The van der Waals surface area contributed by atoms with Crippen LogP contribution in [-0.4, -0.2) is 45.0 Å². The molecule has 0 aliphatic carbocycles. The zero-order chi connectivity index (χ0) is 15.1. The molecule has 1 aromatic heterocycles. The van der Waals surface area contributed by atoms with Gasteiger partial charge in [0.1, 0.15) is 0 Å². The molecule has 0 saturated carbocycles. The molecule has 1 heterocycles. The number of nitrogens with zero attached hydrogens (tertiary/aromatic N) is 3. The van der Waals surface area contributed by atoms with Crippen LogP contribution in [0.2, 0.25) is 0 Å². The minimum atomic E-state index is -0.194. The second kappa shape index (κ2) is 7.22. The fourth-order valence-corrected chi connectivity index (χ4v) is 1.81. The fourth-order valence-electron chi connectivity index (χ4n) is 1.81. The average molecular weight is 284 g/mol. The maximum absolute atomic E-state index is 12.1. The van der Waals surface area contributed by atoms with E-state index in [4.69, 9.17) is 5.11 Å². The summed E-state index contributed by atoms with van der Waals surface area (Å²) in [6.45, 7) is 0.517. The van der Waals surface area contributed by atoms with Gasteiger partial charge in [-0.05, 0) is 17.7 Å². The Morgan fingerprint density at radius 3 is 3.05 bits per heavy atom. The Bertz CT molecular complexity index is 656. The number of hydrogen-bond donors (Lipinski definition) is 2. The van der Waals surface area contributed by atoms with E-state index in [2.05, 4.69) is 27.3 Å². The van der Waals surface area contributed by atoms with Gasteiger partial charge in [-0.3, -0.25) is 4.79 Å². The molecule has 2 rings (SSSR count). The molecule has 6 nitrogen and oxygen atoms in total. The summed E-state index contributed by atoms with van der Waals surface area (Å²) in [6, 6.07) is 7.65. The van der Waals surface area contributed by atoms with Crippen LogP contribution in [0.4, 0.5) is 0 Å². The van der Waals surface area contributed by atoms with E-state index in [1.165, 1.54) is 6.20 Å². The van der Waals surface area contributed by atoms with E-state index in [1.807, 2.05) is 24.3 Å². The molecule has 2 aromatic rings. The summed E-state index contributed by atoms with van der Waals surface area (Å²) in [5.74, 6) is 5.66. The highest BCUT2D eigenvalue weighted by Gasteiger charge is 2.14. The number of amides is 1. The van der Waals surface area contributed by atoms with Crippen LogP contribution in [0.5, 0.6) is 0 Å². The average Bonchev–Trinajstić information content (AvgIpc) is 3.01. The van der Waals surface area contributed by atoms with E-state index in [-0.39, 0.29) is 18.2 Å². The maximum Gasteiger partial charge on any atom is 0.276 e. The van der Waals surface area contributed by atoms with E-state index in [1.54, 1.807) is 11.9 Å². The van der Waals surface area contributed by atoms with Crippen molar-refractivity contribution >= 4 is 5.91 Å². The van der Waals surface area contributed by atoms with Gasteiger partial charge in [0.05, 0.1) is 12.8 Å². The number of aliphatic hydroxyl groups is 1. The first-order chi connectivity index (χ1) is 10.2. The minimum Gasteiger partial charge on any atom is -0.395 e. The summed E-state index contributed by atoms with van der Waals surface area (Å²) >= 11 is 0. The normalized spacial score (nSPS) is 9.81. The predicted octanol–water partition coefficient (Wildman–Crippen LogP) is 0.811. The summed E-state index contributed by atoms with van der Waals surface area (Å²) in [7, 11) is 1.71. The van der Waals surface area contributed by atoms with E-state index < -0.39 is 0 Å². The van der Waals surface area contributed by atoms with Gasteiger partial charge >= 0.3 is 0 Å². The van der Waals surface area contributed by atoms with Gasteiger partial charge in [0.15, 0.2) is 5.69 Å². The Morgan fingerprint density at radius 2 is 2.33 bits per heavy atom. The molecular weight excluding hydrogens is 268 g/mol. The Morgan fingerprint density at radius 1 is 1.48 bits per heavy atom. The van der Waals surface area contributed by atoms with Gasteiger partial charge in [0, 0.05) is 25.6 Å². The molecule has 0 aliphatic rings. The second-order valence-corrected chi connectivity index (χ2v) is 4.49. The lowest BCUT2D eigenvalue weighted by atomic mass is 10.1. The minimum absolute atomic E-state index is 0.0572. The molecule has 0 spiro atoms. The van der Waals surface area contributed by atoms with Gasteiger partial charge in [-0.1, -0.05) is 24.0 Å². The standard InChI is InChI=1S/C15H16N4O2/c1-19(15(21)14-10-16-18-17-14)11-13-7-4-6-12(9-13)5-2-3-8-20/h4,6-7,9-10,20H,3,8,11H2,1H3,(H,16,17,18). The molecule has 2 N–H and O–H groups in total. The third-order valence-electron chi connectivity index (χ3n) is 2.80. The van der Waals surface area contributed by atoms with E-state index >= 15 is 0 Å². The van der Waals surface area contributed by atoms with Crippen LogP contribution in [0.15, 0.2) is 30.5 Å². The molecule has 0 atom stereocenters. The summed E-state index contributed by atoms with van der Waals surface area (Å²) < 4.78 is 0. The number of H-pyrrole nitrogens is 1. The number of benzene rings is 1. The van der Waals surface area contributed by atoms with Crippen molar-refractivity contribution in [2.75, 3.05) is 13.7 Å². The molecule has 1 amide bonds. The third-order valence-corrected chi connectivity index (χ3v) is 2.80. The van der Waals surface area contributed by atoms with Gasteiger partial charge in [-0.25, -0.2) is 0 Å². The third kappa shape index (κ3) is 4.16. The van der Waals surface area contributed by atoms with Crippen molar-refractivity contribution in [2.45, 2.75) is 13.0 Å². The zero-order valence-electron chi connectivity index (χ0n) is 11.7. The van der Waals surface area contributed by atoms with Crippen LogP contribution in [0.1, 0.15) is 28.0 Å². The molecule has 21 heavy (non-hydrogen) atoms. The molecule has 0 unspecified atom stereocenters. The van der Waals surface area contributed by atoms with Crippen LogP contribution >= 0.6 is 0 Å². The smallest absolute Gasteiger partial charge is 0.276 e. The number of aliphatic hydroxyl groups excluding tert-OH is 1. The number of rotatable bonds is 4. The Hall–Kier alpha value is -2.65. The Balaban J connectivity index is 2.04. The monoisotopic (exact) mass is 284 g/mol. The van der Waals surface area contributed by atoms with Crippen molar-refractivity contribution in [1.82, 2.24) is 20.3 Å². The van der Waals surface area contributed by atoms with Crippen LogP contribution in [0.25, 0.3) is 0 Å². The summed E-state index contributed by atoms with van der Waals surface area (Å²) in [5.41, 5.74) is 2.13. The molecule has 1 aromatic carbocycles. The first-order valence-electron chi connectivity index (χ1n) is 6.50. The molecule has 108 valence electrons. The number of hydrogen-bond acceptors (Lipinski definition) is 4. The number of carbonyl (C=O) groups is 1. The van der Waals surface area contributed by atoms with Gasteiger partial charge in [0.25, 0.3) is 5.91 Å². The van der Waals surface area contributed by atoms with Crippen molar-refractivity contribution in [1.29, 1.82) is 0 Å². The van der Waals surface area contributed by atoms with E-state index in [9.17, 15) is 4.79 Å². The van der Waals surface area contributed by atoms with Crippen LogP contribution in [-0.2, 0) is 6.54 Å². The summed E-state index contributed by atoms with van der Waals surface area (Å²) in [6.07, 6.45) is 1.85. The molecule has 0 fully saturated rings. The van der Waals surface area contributed by atoms with Crippen LogP contribution < -0.4 is 0 Å². The molecular formula is C15H16N4O2. The number of nitrogens with one attached hydrogen (secondary N) is 1. The van der Waals surface area contributed by atoms with Gasteiger partial charge in [-0.2, -0.15) is 15.4 Å². The Labute approximate surface area is 122 Å². The van der Waals surface area contributed by atoms with E-state index in [0.29, 0.717) is 13.0 Å². The lowest BCUT2D eigenvalue weighted by Gasteiger charge is -2.15. The zero-order valence-corrected chi connectivity index (χ0v) is 11.7. The maximum atomic E-state index is 12.1. The van der Waals surface area contributed by atoms with Crippen LogP contribution in [0.3, 0.4) is 0 Å². The van der Waals surface area contributed by atoms with Crippen molar-refractivity contribution in [3.05, 3.63) is 47.3 Å². The summed E-state index contributed by atoms with van der Waals surface area (Å²) in [5, 5.41) is 18.5. The Kier molecular flexibility index (Phi) is 5.07. The van der Waals surface area contributed by atoms with E-state index in [0.717, 1.165) is 11.1 Å². The molecule has 0 bridgehead atoms. The molecule has 0 aliphatic heterocycles. The highest BCUT2D eigenvalue weighted by atomic mass is 16.2. The van der Waals surface area contributed by atoms with Crippen molar-refractivity contribution in [3.8, 4) is 11.8 Å². The topological polar surface area (TPSA) is 82.1 Å². The second-order valence-electron chi connectivity index (χ2n) is 4.49. The lowest BCUT2D eigenvalue weighted by molar-refractivity contribution is 0.0779. The number of aromatic amines is 1. The fraction of sp³-hybridized carbons (Fsp3) is 0.267. The highest BCUT2D eigenvalue weighted by Crippen LogP contribution is 2.08. The molecule has 0 radical (unpaired) electrons. The number of carbonyl (C=O) groups excluding carboxylic acids is 1. The SMILES string of the molecule is CN(Cc1cccc(C#CCCO)c1)C(=O)c1cn[nH]n1. The molecule has 0 saturated heterocycles. The van der Waals surface area contributed by atoms with Gasteiger partial charge < -0.3 is 10.0 Å². The quantitative estimate of drug-likeness (QED) is 0.814. The van der Waals surface area contributed by atoms with Crippen LogP contribution in [0, 0.1) is 11.8 Å². The largest absolute Gasteiger partial charge is 0.395 e. The lowest BCUT2D eigenvalue weighted by Crippen LogP contribution is -2.26. The van der Waals surface area contributed by atoms with Crippen molar-refractivity contribution < 1.29 is 9.90 Å². The highest BCUT2D eigenvalue weighted by molar-refractivity contribution is 5.91. The first-order valence-corrected chi connectivity index (χ1v) is 6.50. The molecule has 6 heteroatoms. The summed E-state index contributed by atoms with van der Waals surface area (Å²) in [4.78, 5) is 13.6. The predicted molar refractivity (Wildman–Crippen MR) is 77.2 cm³/mol. The first kappa shape index (κ1) is 14.8. The van der Waals surface area contributed by atoms with Crippen molar-refractivity contribution in [3.63, 3.8) is 0 Å².